The number of aromatic nitrogens is 4. The lowest BCUT2D eigenvalue weighted by Crippen LogP contribution is -2.38. The lowest BCUT2D eigenvalue weighted by atomic mass is 10.4. The molecule has 2 rings (SSSR count). The highest BCUT2D eigenvalue weighted by Crippen LogP contribution is 2.04. The van der Waals surface area contributed by atoms with Crippen LogP contribution in [0.15, 0.2) is 15.9 Å². The van der Waals surface area contributed by atoms with Crippen molar-refractivity contribution in [2.24, 2.45) is 14.1 Å². The second-order valence-electron chi connectivity index (χ2n) is 5.76. The van der Waals surface area contributed by atoms with E-state index >= 15 is 0 Å². The molecule has 126 valence electrons. The Balaban J connectivity index is 2.17. The predicted octanol–water partition coefficient (Wildman–Crippen LogP) is -1.50. The minimum Gasteiger partial charge on any atom is -0.355 e. The number of imidazole rings is 1. The highest BCUT2D eigenvalue weighted by Gasteiger charge is 2.15. The molecule has 0 radical (unpaired) electrons. The second kappa shape index (κ2) is 6.78. The largest absolute Gasteiger partial charge is 0.355 e. The Morgan fingerprint density at radius 3 is 2.61 bits per heavy atom. The van der Waals surface area contributed by atoms with Crippen LogP contribution in [0.2, 0.25) is 0 Å². The van der Waals surface area contributed by atoms with E-state index in [2.05, 4.69) is 10.3 Å². The molecule has 9 nitrogen and oxygen atoms in total. The van der Waals surface area contributed by atoms with Crippen molar-refractivity contribution in [2.45, 2.75) is 13.0 Å². The SMILES string of the molecule is CN(C)CCCNC(=O)Cn1cnc2c1c(=O)n(C)c(=O)n2C. The maximum Gasteiger partial charge on any atom is 0.332 e. The van der Waals surface area contributed by atoms with Gasteiger partial charge in [-0.3, -0.25) is 18.7 Å². The van der Waals surface area contributed by atoms with Gasteiger partial charge < -0.3 is 14.8 Å². The van der Waals surface area contributed by atoms with Crippen LogP contribution in [-0.2, 0) is 25.4 Å². The summed E-state index contributed by atoms with van der Waals surface area (Å²) >= 11 is 0. The second-order valence-corrected chi connectivity index (χ2v) is 5.76. The first-order valence-electron chi connectivity index (χ1n) is 7.35. The molecule has 2 aromatic rings. The van der Waals surface area contributed by atoms with E-state index in [1.807, 2.05) is 19.0 Å². The third-order valence-corrected chi connectivity index (χ3v) is 3.64. The number of aryl methyl sites for hydroxylation is 1. The van der Waals surface area contributed by atoms with Gasteiger partial charge in [0.2, 0.25) is 5.91 Å². The number of hydrogen-bond acceptors (Lipinski definition) is 5. The fraction of sp³-hybridized carbons (Fsp3) is 0.571. The van der Waals surface area contributed by atoms with E-state index in [1.54, 1.807) is 7.05 Å². The molecule has 0 aliphatic rings. The van der Waals surface area contributed by atoms with E-state index in [9.17, 15) is 14.4 Å². The lowest BCUT2D eigenvalue weighted by molar-refractivity contribution is -0.121. The summed E-state index contributed by atoms with van der Waals surface area (Å²) in [6.07, 6.45) is 2.25. The van der Waals surface area contributed by atoms with E-state index in [4.69, 9.17) is 0 Å². The van der Waals surface area contributed by atoms with Gasteiger partial charge in [0.25, 0.3) is 5.56 Å². The summed E-state index contributed by atoms with van der Waals surface area (Å²) in [5, 5.41) is 2.81. The average molecular weight is 322 g/mol. The zero-order valence-corrected chi connectivity index (χ0v) is 13.9. The zero-order chi connectivity index (χ0) is 17.1. The maximum atomic E-state index is 12.3. The van der Waals surface area contributed by atoms with Gasteiger partial charge >= 0.3 is 5.69 Å². The first-order chi connectivity index (χ1) is 10.8. The summed E-state index contributed by atoms with van der Waals surface area (Å²) in [5.74, 6) is -0.195. The number of amides is 1. The highest BCUT2D eigenvalue weighted by atomic mass is 16.2. The van der Waals surface area contributed by atoms with Gasteiger partial charge in [0.05, 0.1) is 6.33 Å². The van der Waals surface area contributed by atoms with Crippen molar-refractivity contribution in [1.29, 1.82) is 0 Å². The average Bonchev–Trinajstić information content (AvgIpc) is 2.91. The molecule has 0 bridgehead atoms. The normalized spacial score (nSPS) is 11.3. The molecule has 0 unspecified atom stereocenters. The van der Waals surface area contributed by atoms with Gasteiger partial charge in [-0.05, 0) is 27.1 Å². The smallest absolute Gasteiger partial charge is 0.332 e. The Hall–Kier alpha value is -2.42. The number of nitrogens with zero attached hydrogens (tertiary/aromatic N) is 5. The molecule has 9 heteroatoms. The Morgan fingerprint density at radius 2 is 1.96 bits per heavy atom. The van der Waals surface area contributed by atoms with Crippen LogP contribution in [0.5, 0.6) is 0 Å². The Morgan fingerprint density at radius 1 is 1.26 bits per heavy atom. The van der Waals surface area contributed by atoms with Crippen LogP contribution in [0.1, 0.15) is 6.42 Å². The third kappa shape index (κ3) is 3.50. The molecule has 0 saturated carbocycles. The molecule has 0 atom stereocenters. The molecular formula is C14H22N6O3. The van der Waals surface area contributed by atoms with Crippen molar-refractivity contribution in [1.82, 2.24) is 28.9 Å². The van der Waals surface area contributed by atoms with E-state index in [1.165, 1.54) is 22.5 Å². The van der Waals surface area contributed by atoms with E-state index < -0.39 is 11.2 Å². The van der Waals surface area contributed by atoms with Gasteiger partial charge in [-0.2, -0.15) is 0 Å². The van der Waals surface area contributed by atoms with Gasteiger partial charge in [0.1, 0.15) is 6.54 Å². The van der Waals surface area contributed by atoms with Crippen molar-refractivity contribution in [3.8, 4) is 0 Å². The van der Waals surface area contributed by atoms with Gasteiger partial charge in [-0.15, -0.1) is 0 Å². The summed E-state index contributed by atoms with van der Waals surface area (Å²) < 4.78 is 3.77. The molecule has 0 aliphatic carbocycles. The molecule has 0 saturated heterocycles. The topological polar surface area (TPSA) is 94.2 Å². The predicted molar refractivity (Wildman–Crippen MR) is 86.4 cm³/mol. The van der Waals surface area contributed by atoms with Crippen molar-refractivity contribution in [3.05, 3.63) is 27.2 Å². The number of carbonyl (C=O) groups excluding carboxylic acids is 1. The zero-order valence-electron chi connectivity index (χ0n) is 13.9. The number of fused-ring (bicyclic) bond motifs is 1. The lowest BCUT2D eigenvalue weighted by Gasteiger charge is -2.10. The molecule has 0 fully saturated rings. The van der Waals surface area contributed by atoms with Crippen molar-refractivity contribution < 1.29 is 4.79 Å². The fourth-order valence-electron chi connectivity index (χ4n) is 2.35. The number of carbonyl (C=O) groups is 1. The standard InChI is InChI=1S/C14H22N6O3/c1-17(2)7-5-6-15-10(21)8-20-9-16-12-11(20)13(22)19(4)14(23)18(12)3/h9H,5-8H2,1-4H3,(H,15,21). The quantitative estimate of drug-likeness (QED) is 0.653. The number of rotatable bonds is 6. The summed E-state index contributed by atoms with van der Waals surface area (Å²) in [6, 6.07) is 0. The number of hydrogen-bond donors (Lipinski definition) is 1. The summed E-state index contributed by atoms with van der Waals surface area (Å²) in [4.78, 5) is 42.2. The van der Waals surface area contributed by atoms with E-state index in [0.717, 1.165) is 17.5 Å². The fourth-order valence-corrected chi connectivity index (χ4v) is 2.35. The summed E-state index contributed by atoms with van der Waals surface area (Å²) in [6.45, 7) is 1.45. The molecular weight excluding hydrogens is 300 g/mol. The summed E-state index contributed by atoms with van der Waals surface area (Å²) in [5.41, 5.74) is -0.376. The maximum absolute atomic E-state index is 12.3. The molecule has 0 spiro atoms. The van der Waals surface area contributed by atoms with Gasteiger partial charge in [-0.25, -0.2) is 9.78 Å². The van der Waals surface area contributed by atoms with Crippen LogP contribution < -0.4 is 16.6 Å². The Labute approximate surface area is 133 Å². The number of nitrogens with one attached hydrogen (secondary N) is 1. The van der Waals surface area contributed by atoms with Crippen molar-refractivity contribution in [2.75, 3.05) is 27.2 Å². The summed E-state index contributed by atoms with van der Waals surface area (Å²) in [7, 11) is 6.89. The third-order valence-electron chi connectivity index (χ3n) is 3.64. The molecule has 0 aromatic carbocycles. The molecule has 2 heterocycles. The van der Waals surface area contributed by atoms with Crippen LogP contribution in [0.3, 0.4) is 0 Å². The Bertz CT molecular complexity index is 829. The molecule has 23 heavy (non-hydrogen) atoms. The van der Waals surface area contributed by atoms with Crippen LogP contribution in [-0.4, -0.2) is 56.7 Å². The van der Waals surface area contributed by atoms with Crippen LogP contribution >= 0.6 is 0 Å². The van der Waals surface area contributed by atoms with Crippen molar-refractivity contribution >= 4 is 17.1 Å². The first-order valence-corrected chi connectivity index (χ1v) is 7.35. The van der Waals surface area contributed by atoms with Crippen LogP contribution in [0.25, 0.3) is 11.2 Å². The minimum absolute atomic E-state index is 0.00803. The highest BCUT2D eigenvalue weighted by molar-refractivity contribution is 5.78. The minimum atomic E-state index is -0.457. The Kier molecular flexibility index (Phi) is 4.99. The molecule has 1 N–H and O–H groups in total. The van der Waals surface area contributed by atoms with Crippen LogP contribution in [0.4, 0.5) is 0 Å². The molecule has 1 amide bonds. The molecule has 0 aliphatic heterocycles. The monoisotopic (exact) mass is 322 g/mol. The molecule has 2 aromatic heterocycles. The van der Waals surface area contributed by atoms with E-state index in [-0.39, 0.29) is 23.6 Å². The van der Waals surface area contributed by atoms with Gasteiger partial charge in [-0.1, -0.05) is 0 Å². The van der Waals surface area contributed by atoms with Crippen LogP contribution in [0, 0.1) is 0 Å². The van der Waals surface area contributed by atoms with Gasteiger partial charge in [0.15, 0.2) is 11.2 Å². The first kappa shape index (κ1) is 16.9. The van der Waals surface area contributed by atoms with E-state index in [0.29, 0.717) is 6.54 Å². The van der Waals surface area contributed by atoms with Gasteiger partial charge in [0, 0.05) is 20.6 Å². The van der Waals surface area contributed by atoms with Crippen molar-refractivity contribution in [3.63, 3.8) is 0 Å².